The molecular formula is C12H12O4. The number of carbonyl (C=O) groups excluding carboxylic acids is 2. The van der Waals surface area contributed by atoms with Gasteiger partial charge in [-0.25, -0.2) is 4.79 Å². The van der Waals surface area contributed by atoms with Crippen molar-refractivity contribution in [1.82, 2.24) is 0 Å². The maximum Gasteiger partial charge on any atom is 0.341 e. The van der Waals surface area contributed by atoms with E-state index >= 15 is 0 Å². The minimum Gasteiger partial charge on any atom is -0.503 e. The molecule has 0 radical (unpaired) electrons. The topological polar surface area (TPSA) is 52.6 Å². The largest absolute Gasteiger partial charge is 0.503 e. The van der Waals surface area contributed by atoms with Crippen LogP contribution in [-0.2, 0) is 14.3 Å². The second kappa shape index (κ2) is 5.70. The van der Waals surface area contributed by atoms with Crippen LogP contribution in [0.15, 0.2) is 30.5 Å². The third kappa shape index (κ3) is 2.70. The third-order valence-electron chi connectivity index (χ3n) is 1.97. The van der Waals surface area contributed by atoms with Crippen LogP contribution in [0.1, 0.15) is 15.9 Å². The molecule has 0 heterocycles. The van der Waals surface area contributed by atoms with Crippen LogP contribution in [-0.4, -0.2) is 26.5 Å². The van der Waals surface area contributed by atoms with Gasteiger partial charge in [0, 0.05) is 5.56 Å². The minimum atomic E-state index is -0.509. The van der Waals surface area contributed by atoms with Gasteiger partial charge >= 0.3 is 5.97 Å². The molecule has 0 amide bonds. The summed E-state index contributed by atoms with van der Waals surface area (Å²) >= 11 is 0. The molecule has 0 bridgehead atoms. The van der Waals surface area contributed by atoms with Crippen LogP contribution < -0.4 is 0 Å². The van der Waals surface area contributed by atoms with Crippen molar-refractivity contribution in [2.75, 3.05) is 14.2 Å². The van der Waals surface area contributed by atoms with Gasteiger partial charge in [-0.05, 0) is 11.6 Å². The van der Waals surface area contributed by atoms with Gasteiger partial charge in [-0.15, -0.1) is 0 Å². The minimum absolute atomic E-state index is 0.272. The number of ether oxygens (including phenoxy) is 2. The number of methoxy groups -OCH3 is 2. The molecule has 0 aromatic heterocycles. The van der Waals surface area contributed by atoms with E-state index in [2.05, 4.69) is 4.74 Å². The maximum absolute atomic E-state index is 11.4. The lowest BCUT2D eigenvalue weighted by atomic mass is 10.0. The third-order valence-corrected chi connectivity index (χ3v) is 1.97. The van der Waals surface area contributed by atoms with Crippen molar-refractivity contribution in [3.8, 4) is 0 Å². The van der Waals surface area contributed by atoms with E-state index in [4.69, 9.17) is 4.74 Å². The van der Waals surface area contributed by atoms with Crippen LogP contribution >= 0.6 is 0 Å². The quantitative estimate of drug-likeness (QED) is 0.335. The molecule has 16 heavy (non-hydrogen) atoms. The Kier molecular flexibility index (Phi) is 4.27. The van der Waals surface area contributed by atoms with Crippen molar-refractivity contribution in [1.29, 1.82) is 0 Å². The molecule has 0 spiro atoms. The van der Waals surface area contributed by atoms with Crippen molar-refractivity contribution < 1.29 is 19.1 Å². The first kappa shape index (κ1) is 12.0. The summed E-state index contributed by atoms with van der Waals surface area (Å²) in [5, 5.41) is 0. The Hall–Kier alpha value is -2.10. The molecule has 4 heteroatoms. The lowest BCUT2D eigenvalue weighted by Gasteiger charge is -2.05. The van der Waals surface area contributed by atoms with Crippen LogP contribution in [0.5, 0.6) is 0 Å². The molecule has 0 aliphatic heterocycles. The molecule has 0 N–H and O–H groups in total. The van der Waals surface area contributed by atoms with Crippen molar-refractivity contribution in [2.45, 2.75) is 0 Å². The van der Waals surface area contributed by atoms with Crippen molar-refractivity contribution in [3.63, 3.8) is 0 Å². The van der Waals surface area contributed by atoms with Crippen molar-refractivity contribution in [3.05, 3.63) is 41.7 Å². The first-order chi connectivity index (χ1) is 7.72. The Morgan fingerprint density at radius 3 is 2.62 bits per heavy atom. The first-order valence-corrected chi connectivity index (χ1v) is 4.59. The van der Waals surface area contributed by atoms with Crippen LogP contribution in [0.3, 0.4) is 0 Å². The highest BCUT2D eigenvalue weighted by Crippen LogP contribution is 2.17. The molecule has 0 aliphatic carbocycles. The highest BCUT2D eigenvalue weighted by atomic mass is 16.5. The standard InChI is InChI=1S/C12H12O4/c1-15-8-11(12(14)16-2)10-5-3-4-9(6-10)7-13/h3-8H,1-2H3. The Labute approximate surface area is 93.5 Å². The van der Waals surface area contributed by atoms with Crippen LogP contribution in [0.2, 0.25) is 0 Å². The summed E-state index contributed by atoms with van der Waals surface area (Å²) in [6.07, 6.45) is 2.00. The van der Waals surface area contributed by atoms with E-state index in [9.17, 15) is 9.59 Å². The van der Waals surface area contributed by atoms with Gasteiger partial charge in [-0.1, -0.05) is 18.2 Å². The zero-order valence-corrected chi connectivity index (χ0v) is 9.10. The van der Waals surface area contributed by atoms with Crippen LogP contribution in [0.4, 0.5) is 0 Å². The SMILES string of the molecule is COC=C(C(=O)OC)c1cccc(C=O)c1. The van der Waals surface area contributed by atoms with Crippen molar-refractivity contribution >= 4 is 17.8 Å². The summed E-state index contributed by atoms with van der Waals surface area (Å²) in [5.74, 6) is -0.509. The molecule has 0 fully saturated rings. The second-order valence-corrected chi connectivity index (χ2v) is 3.00. The Morgan fingerprint density at radius 1 is 1.31 bits per heavy atom. The molecule has 1 aromatic rings. The zero-order valence-electron chi connectivity index (χ0n) is 9.10. The molecule has 0 saturated carbocycles. The fourth-order valence-electron chi connectivity index (χ4n) is 1.24. The van der Waals surface area contributed by atoms with E-state index in [-0.39, 0.29) is 5.57 Å². The van der Waals surface area contributed by atoms with E-state index in [0.29, 0.717) is 17.4 Å². The van der Waals surface area contributed by atoms with Crippen LogP contribution in [0.25, 0.3) is 5.57 Å². The highest BCUT2D eigenvalue weighted by Gasteiger charge is 2.13. The van der Waals surface area contributed by atoms with Gasteiger partial charge in [0.1, 0.15) is 11.9 Å². The molecule has 0 atom stereocenters. The van der Waals surface area contributed by atoms with E-state index in [1.807, 2.05) is 0 Å². The number of aldehydes is 1. The number of hydrogen-bond donors (Lipinski definition) is 0. The summed E-state index contributed by atoms with van der Waals surface area (Å²) in [5.41, 5.74) is 1.34. The molecule has 4 nitrogen and oxygen atoms in total. The van der Waals surface area contributed by atoms with E-state index in [0.717, 1.165) is 0 Å². The average molecular weight is 220 g/mol. The van der Waals surface area contributed by atoms with Gasteiger partial charge in [-0.2, -0.15) is 0 Å². The molecule has 1 aromatic carbocycles. The maximum atomic E-state index is 11.4. The van der Waals surface area contributed by atoms with Crippen molar-refractivity contribution in [2.24, 2.45) is 0 Å². The normalized spacial score (nSPS) is 10.8. The summed E-state index contributed by atoms with van der Waals surface area (Å²) in [4.78, 5) is 22.1. The zero-order chi connectivity index (χ0) is 12.0. The van der Waals surface area contributed by atoms with E-state index in [1.165, 1.54) is 20.5 Å². The number of hydrogen-bond acceptors (Lipinski definition) is 4. The van der Waals surface area contributed by atoms with Gasteiger partial charge in [0.25, 0.3) is 0 Å². The van der Waals surface area contributed by atoms with Gasteiger partial charge in [-0.3, -0.25) is 4.79 Å². The molecule has 0 unspecified atom stereocenters. The second-order valence-electron chi connectivity index (χ2n) is 3.00. The summed E-state index contributed by atoms with van der Waals surface area (Å²) < 4.78 is 9.42. The summed E-state index contributed by atoms with van der Waals surface area (Å²) in [6.45, 7) is 0. The fraction of sp³-hybridized carbons (Fsp3) is 0.167. The molecule has 1 rings (SSSR count). The number of benzene rings is 1. The van der Waals surface area contributed by atoms with Gasteiger partial charge in [0.15, 0.2) is 0 Å². The molecule has 0 saturated heterocycles. The predicted octanol–water partition coefficient (Wildman–Crippen LogP) is 1.66. The number of carbonyl (C=O) groups is 2. The monoisotopic (exact) mass is 220 g/mol. The smallest absolute Gasteiger partial charge is 0.341 e. The fourth-order valence-corrected chi connectivity index (χ4v) is 1.24. The van der Waals surface area contributed by atoms with Gasteiger partial charge in [0.05, 0.1) is 20.5 Å². The number of esters is 1. The van der Waals surface area contributed by atoms with Gasteiger partial charge in [0.2, 0.25) is 0 Å². The van der Waals surface area contributed by atoms with Crippen LogP contribution in [0, 0.1) is 0 Å². The lowest BCUT2D eigenvalue weighted by molar-refractivity contribution is -0.133. The van der Waals surface area contributed by atoms with Gasteiger partial charge < -0.3 is 9.47 Å². The van der Waals surface area contributed by atoms with E-state index < -0.39 is 5.97 Å². The Morgan fingerprint density at radius 2 is 2.06 bits per heavy atom. The average Bonchev–Trinajstić information content (AvgIpc) is 2.35. The number of rotatable bonds is 4. The summed E-state index contributed by atoms with van der Waals surface area (Å²) in [7, 11) is 2.72. The molecule has 84 valence electrons. The predicted molar refractivity (Wildman–Crippen MR) is 58.8 cm³/mol. The molecular weight excluding hydrogens is 208 g/mol. The van der Waals surface area contributed by atoms with E-state index in [1.54, 1.807) is 24.3 Å². The Bertz CT molecular complexity index is 421. The highest BCUT2D eigenvalue weighted by molar-refractivity contribution is 6.16. The lowest BCUT2D eigenvalue weighted by Crippen LogP contribution is -2.04. The first-order valence-electron chi connectivity index (χ1n) is 4.59. The Balaban J connectivity index is 3.16. The summed E-state index contributed by atoms with van der Waals surface area (Å²) in [6, 6.07) is 6.63. The molecule has 0 aliphatic rings.